The maximum Gasteiger partial charge on any atom is 0.256 e. The number of anilines is 1. The van der Waals surface area contributed by atoms with Crippen molar-refractivity contribution < 1.29 is 4.79 Å². The second kappa shape index (κ2) is 4.78. The van der Waals surface area contributed by atoms with Crippen LogP contribution in [0.1, 0.15) is 29.6 Å². The normalized spacial score (nSPS) is 24.6. The van der Waals surface area contributed by atoms with Crippen molar-refractivity contribution in [2.75, 3.05) is 12.0 Å². The smallest absolute Gasteiger partial charge is 0.256 e. The van der Waals surface area contributed by atoms with Gasteiger partial charge >= 0.3 is 0 Å². The van der Waals surface area contributed by atoms with Crippen LogP contribution >= 0.6 is 11.8 Å². The third kappa shape index (κ3) is 2.32. The summed E-state index contributed by atoms with van der Waals surface area (Å²) in [6, 6.07) is 0.277. The number of nitrogens with two attached hydrogens (primary N) is 1. The molecule has 1 aromatic rings. The Balaban J connectivity index is 1.91. The average molecular weight is 240 g/mol. The summed E-state index contributed by atoms with van der Waals surface area (Å²) in [7, 11) is 0. The highest BCUT2D eigenvalue weighted by atomic mass is 32.2. The lowest BCUT2D eigenvalue weighted by molar-refractivity contribution is 0.0939. The fraction of sp³-hybridized carbons (Fsp3) is 0.600. The zero-order valence-electron chi connectivity index (χ0n) is 9.19. The van der Waals surface area contributed by atoms with Crippen LogP contribution < -0.4 is 11.1 Å². The highest BCUT2D eigenvalue weighted by Crippen LogP contribution is 2.28. The van der Waals surface area contributed by atoms with Crippen LogP contribution in [-0.4, -0.2) is 33.7 Å². The third-order valence-corrected chi connectivity index (χ3v) is 4.06. The molecule has 6 heteroatoms. The van der Waals surface area contributed by atoms with Gasteiger partial charge in [-0.25, -0.2) is 0 Å². The standard InChI is InChI=1S/C10H16N4OS/c1-16-7-3-2-6(4-7)13-10(15)8-5-12-14-9(8)11/h5-7H,2-4H2,1H3,(H,13,15)(H3,11,12,14). The Morgan fingerprint density at radius 3 is 3.06 bits per heavy atom. The van der Waals surface area contributed by atoms with Crippen molar-refractivity contribution in [3.05, 3.63) is 11.8 Å². The molecular formula is C10H16N4OS. The number of nitrogens with zero attached hydrogens (tertiary/aromatic N) is 1. The van der Waals surface area contributed by atoms with E-state index in [1.54, 1.807) is 0 Å². The quantitative estimate of drug-likeness (QED) is 0.736. The summed E-state index contributed by atoms with van der Waals surface area (Å²) in [5.74, 6) is 0.204. The van der Waals surface area contributed by atoms with E-state index in [0.29, 0.717) is 16.6 Å². The van der Waals surface area contributed by atoms with Gasteiger partial charge < -0.3 is 11.1 Å². The minimum atomic E-state index is -0.127. The monoisotopic (exact) mass is 240 g/mol. The van der Waals surface area contributed by atoms with Crippen molar-refractivity contribution in [3.63, 3.8) is 0 Å². The fourth-order valence-corrected chi connectivity index (χ4v) is 2.82. The van der Waals surface area contributed by atoms with E-state index in [0.717, 1.165) is 12.8 Å². The molecule has 0 aromatic carbocycles. The Morgan fingerprint density at radius 1 is 1.69 bits per heavy atom. The number of nitrogen functional groups attached to an aromatic ring is 1. The van der Waals surface area contributed by atoms with Crippen LogP contribution in [0.2, 0.25) is 0 Å². The van der Waals surface area contributed by atoms with E-state index in [1.807, 2.05) is 11.8 Å². The lowest BCUT2D eigenvalue weighted by Crippen LogP contribution is -2.33. The van der Waals surface area contributed by atoms with Gasteiger partial charge in [-0.3, -0.25) is 9.89 Å². The predicted molar refractivity (Wildman–Crippen MR) is 65.4 cm³/mol. The molecule has 88 valence electrons. The molecule has 5 nitrogen and oxygen atoms in total. The zero-order chi connectivity index (χ0) is 11.5. The topological polar surface area (TPSA) is 83.8 Å². The molecule has 1 saturated carbocycles. The molecular weight excluding hydrogens is 224 g/mol. The van der Waals surface area contributed by atoms with Crippen molar-refractivity contribution in [2.24, 2.45) is 0 Å². The Labute approximate surface area is 98.6 Å². The van der Waals surface area contributed by atoms with Crippen LogP contribution in [0.15, 0.2) is 6.20 Å². The Kier molecular flexibility index (Phi) is 3.38. The number of H-pyrrole nitrogens is 1. The molecule has 0 bridgehead atoms. The van der Waals surface area contributed by atoms with Crippen molar-refractivity contribution in [2.45, 2.75) is 30.6 Å². The molecule has 1 aliphatic carbocycles. The molecule has 1 aliphatic rings. The van der Waals surface area contributed by atoms with Crippen molar-refractivity contribution in [1.82, 2.24) is 15.5 Å². The summed E-state index contributed by atoms with van der Waals surface area (Å²) >= 11 is 1.87. The van der Waals surface area contributed by atoms with Gasteiger partial charge in [0, 0.05) is 11.3 Å². The first-order chi connectivity index (χ1) is 7.70. The van der Waals surface area contributed by atoms with Gasteiger partial charge in [-0.15, -0.1) is 0 Å². The SMILES string of the molecule is CSC1CCC(NC(=O)c2cn[nH]c2N)C1. The Hall–Kier alpha value is -1.17. The van der Waals surface area contributed by atoms with Gasteiger partial charge in [0.1, 0.15) is 11.4 Å². The fourth-order valence-electron chi connectivity index (χ4n) is 2.03. The molecule has 1 heterocycles. The summed E-state index contributed by atoms with van der Waals surface area (Å²) in [6.07, 6.45) is 6.85. The van der Waals surface area contributed by atoms with E-state index < -0.39 is 0 Å². The number of carbonyl (C=O) groups excluding carboxylic acids is 1. The first-order valence-electron chi connectivity index (χ1n) is 5.33. The van der Waals surface area contributed by atoms with Crippen molar-refractivity contribution >= 4 is 23.5 Å². The molecule has 16 heavy (non-hydrogen) atoms. The van der Waals surface area contributed by atoms with Crippen LogP contribution in [-0.2, 0) is 0 Å². The van der Waals surface area contributed by atoms with Crippen LogP contribution in [0.4, 0.5) is 5.82 Å². The number of rotatable bonds is 3. The number of hydrogen-bond acceptors (Lipinski definition) is 4. The molecule has 2 rings (SSSR count). The number of amides is 1. The number of thioether (sulfide) groups is 1. The van der Waals surface area contributed by atoms with E-state index in [-0.39, 0.29) is 11.9 Å². The molecule has 4 N–H and O–H groups in total. The third-order valence-electron chi connectivity index (χ3n) is 2.97. The maximum atomic E-state index is 11.8. The predicted octanol–water partition coefficient (Wildman–Crippen LogP) is 1.01. The van der Waals surface area contributed by atoms with Crippen molar-refractivity contribution in [1.29, 1.82) is 0 Å². The molecule has 0 aliphatic heterocycles. The molecule has 1 fully saturated rings. The Bertz CT molecular complexity index is 379. The number of hydrogen-bond donors (Lipinski definition) is 3. The second-order valence-corrected chi connectivity index (χ2v) is 5.18. The summed E-state index contributed by atoms with van der Waals surface area (Å²) in [4.78, 5) is 11.8. The van der Waals surface area contributed by atoms with E-state index >= 15 is 0 Å². The lowest BCUT2D eigenvalue weighted by Gasteiger charge is -2.12. The first-order valence-corrected chi connectivity index (χ1v) is 6.62. The van der Waals surface area contributed by atoms with E-state index in [9.17, 15) is 4.79 Å². The highest BCUT2D eigenvalue weighted by molar-refractivity contribution is 7.99. The van der Waals surface area contributed by atoms with Crippen molar-refractivity contribution in [3.8, 4) is 0 Å². The van der Waals surface area contributed by atoms with E-state index in [2.05, 4.69) is 21.8 Å². The highest BCUT2D eigenvalue weighted by Gasteiger charge is 2.26. The maximum absolute atomic E-state index is 11.8. The summed E-state index contributed by atoms with van der Waals surface area (Å²) in [5, 5.41) is 9.96. The minimum absolute atomic E-state index is 0.127. The molecule has 1 amide bonds. The van der Waals surface area contributed by atoms with Gasteiger partial charge in [0.25, 0.3) is 5.91 Å². The second-order valence-electron chi connectivity index (χ2n) is 4.04. The molecule has 0 spiro atoms. The van der Waals surface area contributed by atoms with E-state index in [4.69, 9.17) is 5.73 Å². The van der Waals surface area contributed by atoms with Crippen LogP contribution in [0.25, 0.3) is 0 Å². The largest absolute Gasteiger partial charge is 0.383 e. The minimum Gasteiger partial charge on any atom is -0.383 e. The number of aromatic amines is 1. The van der Waals surface area contributed by atoms with Crippen LogP contribution in [0, 0.1) is 0 Å². The molecule has 0 saturated heterocycles. The molecule has 2 unspecified atom stereocenters. The van der Waals surface area contributed by atoms with Gasteiger partial charge in [0.15, 0.2) is 0 Å². The van der Waals surface area contributed by atoms with Crippen LogP contribution in [0.3, 0.4) is 0 Å². The molecule has 0 radical (unpaired) electrons. The lowest BCUT2D eigenvalue weighted by atomic mass is 10.2. The molecule has 1 aromatic heterocycles. The van der Waals surface area contributed by atoms with Gasteiger partial charge in [0.2, 0.25) is 0 Å². The van der Waals surface area contributed by atoms with Gasteiger partial charge in [-0.2, -0.15) is 16.9 Å². The number of carbonyl (C=O) groups is 1. The first kappa shape index (κ1) is 11.3. The van der Waals surface area contributed by atoms with Gasteiger partial charge in [-0.05, 0) is 25.5 Å². The summed E-state index contributed by atoms with van der Waals surface area (Å²) in [6.45, 7) is 0. The number of nitrogens with one attached hydrogen (secondary N) is 2. The zero-order valence-corrected chi connectivity index (χ0v) is 10.0. The summed E-state index contributed by atoms with van der Waals surface area (Å²) < 4.78 is 0. The molecule has 2 atom stereocenters. The van der Waals surface area contributed by atoms with Gasteiger partial charge in [0.05, 0.1) is 6.20 Å². The Morgan fingerprint density at radius 2 is 2.50 bits per heavy atom. The van der Waals surface area contributed by atoms with E-state index in [1.165, 1.54) is 12.6 Å². The average Bonchev–Trinajstić information content (AvgIpc) is 2.86. The summed E-state index contributed by atoms with van der Waals surface area (Å²) in [5.41, 5.74) is 6.02. The van der Waals surface area contributed by atoms with Gasteiger partial charge in [-0.1, -0.05) is 0 Å². The number of aromatic nitrogens is 2. The van der Waals surface area contributed by atoms with Crippen LogP contribution in [0.5, 0.6) is 0 Å².